The van der Waals surface area contributed by atoms with Gasteiger partial charge in [-0.05, 0) is 24.5 Å². The van der Waals surface area contributed by atoms with Crippen LogP contribution in [0.2, 0.25) is 0 Å². The van der Waals surface area contributed by atoms with Crippen LogP contribution in [0.5, 0.6) is 0 Å². The summed E-state index contributed by atoms with van der Waals surface area (Å²) in [5.74, 6) is 0. The first-order valence-corrected chi connectivity index (χ1v) is 7.99. The number of hydrogen-bond donors (Lipinski definition) is 1. The molecule has 0 bridgehead atoms. The third-order valence-electron chi connectivity index (χ3n) is 4.27. The van der Waals surface area contributed by atoms with E-state index in [9.17, 15) is 13.2 Å². The maximum atomic E-state index is 13.1. The van der Waals surface area contributed by atoms with Gasteiger partial charge in [0, 0.05) is 25.8 Å². The number of halogens is 3. The van der Waals surface area contributed by atoms with E-state index in [0.29, 0.717) is 18.7 Å². The molecule has 2 aromatic rings. The number of hydrogen-bond acceptors (Lipinski definition) is 3. The van der Waals surface area contributed by atoms with Crippen LogP contribution in [0.4, 0.5) is 13.2 Å². The number of aromatic amines is 1. The summed E-state index contributed by atoms with van der Waals surface area (Å²) in [5, 5.41) is 0. The van der Waals surface area contributed by atoms with Crippen molar-refractivity contribution in [2.75, 3.05) is 13.1 Å². The van der Waals surface area contributed by atoms with Gasteiger partial charge >= 0.3 is 6.18 Å². The second-order valence-electron chi connectivity index (χ2n) is 6.00. The zero-order valence-electron chi connectivity index (χ0n) is 13.2. The van der Waals surface area contributed by atoms with E-state index in [-0.39, 0.29) is 6.10 Å². The zero-order chi connectivity index (χ0) is 17.0. The Kier molecular flexibility index (Phi) is 5.20. The fraction of sp³-hybridized carbons (Fsp3) is 0.471. The molecule has 0 unspecified atom stereocenters. The van der Waals surface area contributed by atoms with Gasteiger partial charge in [0.15, 0.2) is 0 Å². The number of H-pyrrole nitrogens is 1. The van der Waals surface area contributed by atoms with Crippen LogP contribution in [0.3, 0.4) is 0 Å². The highest BCUT2D eigenvalue weighted by Gasteiger charge is 2.33. The lowest BCUT2D eigenvalue weighted by atomic mass is 10.0. The number of nitrogens with zero attached hydrogens (tertiary/aromatic N) is 2. The lowest BCUT2D eigenvalue weighted by molar-refractivity contribution is -0.138. The highest BCUT2D eigenvalue weighted by atomic mass is 19.4. The minimum atomic E-state index is -4.30. The molecule has 1 fully saturated rings. The van der Waals surface area contributed by atoms with Gasteiger partial charge in [-0.2, -0.15) is 13.2 Å². The Bertz CT molecular complexity index is 635. The van der Waals surface area contributed by atoms with Gasteiger partial charge in [-0.1, -0.05) is 18.2 Å². The Morgan fingerprint density at radius 3 is 2.62 bits per heavy atom. The van der Waals surface area contributed by atoms with E-state index >= 15 is 0 Å². The number of imidazole rings is 1. The fourth-order valence-corrected chi connectivity index (χ4v) is 2.98. The zero-order valence-corrected chi connectivity index (χ0v) is 13.2. The number of aromatic nitrogens is 2. The van der Waals surface area contributed by atoms with Crippen molar-refractivity contribution in [2.45, 2.75) is 38.3 Å². The van der Waals surface area contributed by atoms with Gasteiger partial charge in [-0.15, -0.1) is 0 Å². The van der Waals surface area contributed by atoms with Crippen LogP contribution in [0.25, 0.3) is 0 Å². The molecule has 0 aliphatic carbocycles. The first kappa shape index (κ1) is 17.0. The minimum Gasteiger partial charge on any atom is -0.372 e. The van der Waals surface area contributed by atoms with Gasteiger partial charge in [0.2, 0.25) is 0 Å². The molecule has 1 aromatic heterocycles. The quantitative estimate of drug-likeness (QED) is 0.905. The van der Waals surface area contributed by atoms with Crippen molar-refractivity contribution in [1.29, 1.82) is 0 Å². The van der Waals surface area contributed by atoms with Gasteiger partial charge in [0.25, 0.3) is 0 Å². The molecule has 2 heterocycles. The fourth-order valence-electron chi connectivity index (χ4n) is 2.98. The molecule has 3 rings (SSSR count). The van der Waals surface area contributed by atoms with Crippen molar-refractivity contribution < 1.29 is 17.9 Å². The van der Waals surface area contributed by atoms with Gasteiger partial charge < -0.3 is 9.72 Å². The smallest absolute Gasteiger partial charge is 0.372 e. The number of ether oxygens (including phenoxy) is 1. The van der Waals surface area contributed by atoms with E-state index in [1.54, 1.807) is 24.7 Å². The summed E-state index contributed by atoms with van der Waals surface area (Å²) >= 11 is 0. The third-order valence-corrected chi connectivity index (χ3v) is 4.27. The number of likely N-dealkylation sites (tertiary alicyclic amines) is 1. The summed E-state index contributed by atoms with van der Waals surface area (Å²) in [7, 11) is 0. The Morgan fingerprint density at radius 1 is 1.21 bits per heavy atom. The largest absolute Gasteiger partial charge is 0.416 e. The number of nitrogens with one attached hydrogen (secondary N) is 1. The van der Waals surface area contributed by atoms with Crippen molar-refractivity contribution in [3.05, 3.63) is 53.6 Å². The monoisotopic (exact) mass is 339 g/mol. The van der Waals surface area contributed by atoms with Gasteiger partial charge in [0.05, 0.1) is 30.3 Å². The van der Waals surface area contributed by atoms with Crippen molar-refractivity contribution in [3.8, 4) is 0 Å². The van der Waals surface area contributed by atoms with Crippen molar-refractivity contribution >= 4 is 0 Å². The van der Waals surface area contributed by atoms with Crippen LogP contribution in [0, 0.1) is 0 Å². The molecule has 1 aromatic carbocycles. The molecule has 0 atom stereocenters. The van der Waals surface area contributed by atoms with Crippen LogP contribution in [-0.4, -0.2) is 34.1 Å². The average molecular weight is 339 g/mol. The molecule has 4 nitrogen and oxygen atoms in total. The maximum absolute atomic E-state index is 13.1. The van der Waals surface area contributed by atoms with Crippen LogP contribution in [0.1, 0.15) is 29.7 Å². The molecule has 7 heteroatoms. The van der Waals surface area contributed by atoms with Crippen LogP contribution in [-0.2, 0) is 24.1 Å². The highest BCUT2D eigenvalue weighted by molar-refractivity contribution is 5.29. The predicted molar refractivity (Wildman–Crippen MR) is 83.1 cm³/mol. The van der Waals surface area contributed by atoms with E-state index < -0.39 is 11.7 Å². The second kappa shape index (κ2) is 7.36. The summed E-state index contributed by atoms with van der Waals surface area (Å²) in [4.78, 5) is 9.04. The summed E-state index contributed by atoms with van der Waals surface area (Å²) in [6.07, 6.45) is 0.873. The van der Waals surface area contributed by atoms with Gasteiger partial charge in [0.1, 0.15) is 0 Å². The van der Waals surface area contributed by atoms with E-state index in [2.05, 4.69) is 14.9 Å². The van der Waals surface area contributed by atoms with Crippen molar-refractivity contribution in [1.82, 2.24) is 14.9 Å². The number of alkyl halides is 3. The average Bonchev–Trinajstić information content (AvgIpc) is 3.07. The molecule has 24 heavy (non-hydrogen) atoms. The van der Waals surface area contributed by atoms with E-state index in [1.807, 2.05) is 0 Å². The molecule has 1 aliphatic heterocycles. The molecule has 1 saturated heterocycles. The standard InChI is InChI=1S/C17H20F3N3O/c18-17(19,20)16-4-2-1-3-13(16)10-23-7-5-15(6-8-23)24-11-14-9-21-12-22-14/h1-4,9,12,15H,5-8,10-11H2,(H,21,22). The molecular weight excluding hydrogens is 319 g/mol. The molecule has 1 N–H and O–H groups in total. The van der Waals surface area contributed by atoms with Crippen molar-refractivity contribution in [3.63, 3.8) is 0 Å². The molecular formula is C17H20F3N3O. The van der Waals surface area contributed by atoms with Gasteiger partial charge in [-0.3, -0.25) is 4.90 Å². The minimum absolute atomic E-state index is 0.135. The van der Waals surface area contributed by atoms with Gasteiger partial charge in [-0.25, -0.2) is 4.98 Å². The predicted octanol–water partition coefficient (Wildman–Crippen LogP) is 3.61. The van der Waals surface area contributed by atoms with E-state index in [0.717, 1.165) is 37.7 Å². The summed E-state index contributed by atoms with van der Waals surface area (Å²) < 4.78 is 45.0. The van der Waals surface area contributed by atoms with E-state index in [4.69, 9.17) is 4.74 Å². The number of benzene rings is 1. The first-order chi connectivity index (χ1) is 11.5. The third kappa shape index (κ3) is 4.36. The summed E-state index contributed by atoms with van der Waals surface area (Å²) in [6.45, 7) is 2.25. The SMILES string of the molecule is FC(F)(F)c1ccccc1CN1CCC(OCc2c[nH]cn2)CC1. The Hall–Kier alpha value is -1.86. The summed E-state index contributed by atoms with van der Waals surface area (Å²) in [6, 6.07) is 5.80. The number of rotatable bonds is 5. The Morgan fingerprint density at radius 2 is 1.96 bits per heavy atom. The number of piperidine rings is 1. The molecule has 1 aliphatic rings. The molecule has 0 saturated carbocycles. The summed E-state index contributed by atoms with van der Waals surface area (Å²) in [5.41, 5.74) is 0.652. The van der Waals surface area contributed by atoms with Crippen LogP contribution in [0.15, 0.2) is 36.8 Å². The van der Waals surface area contributed by atoms with Crippen LogP contribution < -0.4 is 0 Å². The van der Waals surface area contributed by atoms with Crippen molar-refractivity contribution in [2.24, 2.45) is 0 Å². The lowest BCUT2D eigenvalue weighted by Crippen LogP contribution is -2.37. The van der Waals surface area contributed by atoms with E-state index in [1.165, 1.54) is 6.07 Å². The van der Waals surface area contributed by atoms with Crippen LogP contribution >= 0.6 is 0 Å². The first-order valence-electron chi connectivity index (χ1n) is 7.99. The lowest BCUT2D eigenvalue weighted by Gasteiger charge is -2.32. The maximum Gasteiger partial charge on any atom is 0.416 e. The molecule has 130 valence electrons. The molecule has 0 spiro atoms. The highest BCUT2D eigenvalue weighted by Crippen LogP contribution is 2.32. The normalized spacial score (nSPS) is 17.3. The molecule has 0 amide bonds. The Labute approximate surface area is 138 Å². The topological polar surface area (TPSA) is 41.1 Å². The Balaban J connectivity index is 1.51. The molecule has 0 radical (unpaired) electrons. The second-order valence-corrected chi connectivity index (χ2v) is 6.00.